The number of hydrogen-bond donors (Lipinski definition) is 4. The van der Waals surface area contributed by atoms with Gasteiger partial charge >= 0.3 is 0 Å². The van der Waals surface area contributed by atoms with Crippen LogP contribution in [0.4, 0.5) is 0 Å². The fourth-order valence-electron chi connectivity index (χ4n) is 3.00. The summed E-state index contributed by atoms with van der Waals surface area (Å²) in [6.45, 7) is 22.7. The maximum atomic E-state index is 4.09. The minimum absolute atomic E-state index is 0.653. The number of rotatable bonds is 4. The van der Waals surface area contributed by atoms with Crippen molar-refractivity contribution in [3.8, 4) is 0 Å². The Bertz CT molecular complexity index is 448. The Labute approximate surface area is 187 Å². The van der Waals surface area contributed by atoms with Crippen LogP contribution in [0, 0.1) is 0 Å². The molecule has 6 heteroatoms. The van der Waals surface area contributed by atoms with Crippen LogP contribution in [0.2, 0.25) is 0 Å². The van der Waals surface area contributed by atoms with Crippen LogP contribution in [-0.4, -0.2) is 75.1 Å². The number of allylic oxidation sites excluding steroid dienone is 2. The second-order valence-electron chi connectivity index (χ2n) is 8.01. The van der Waals surface area contributed by atoms with Crippen LogP contribution in [-0.2, 0) is 0 Å². The number of nitrogens with one attached hydrogen (secondary N) is 4. The molecule has 0 aromatic carbocycles. The maximum absolute atomic E-state index is 4.09. The van der Waals surface area contributed by atoms with E-state index in [0.717, 1.165) is 52.2 Å². The maximum Gasteiger partial charge on any atom is 0.0300 e. The van der Waals surface area contributed by atoms with Crippen molar-refractivity contribution in [1.82, 2.24) is 26.2 Å². The number of nitrogens with zero attached hydrogens (tertiary/aromatic N) is 2. The Morgan fingerprint density at radius 1 is 1.10 bits per heavy atom. The fourth-order valence-corrected chi connectivity index (χ4v) is 3.00. The molecule has 6 nitrogen and oxygen atoms in total. The molecule has 30 heavy (non-hydrogen) atoms. The quantitative estimate of drug-likeness (QED) is 0.561. The molecule has 0 aromatic heterocycles. The second-order valence-corrected chi connectivity index (χ2v) is 8.01. The van der Waals surface area contributed by atoms with Gasteiger partial charge in [-0.25, -0.2) is 0 Å². The van der Waals surface area contributed by atoms with Crippen molar-refractivity contribution < 1.29 is 0 Å². The molecule has 0 radical (unpaired) electrons. The Morgan fingerprint density at radius 3 is 2.17 bits per heavy atom. The Hall–Kier alpha value is -1.21. The van der Waals surface area contributed by atoms with Gasteiger partial charge < -0.3 is 26.2 Å². The molecular weight excluding hydrogens is 372 g/mol. The lowest BCUT2D eigenvalue weighted by Gasteiger charge is -2.30. The predicted molar refractivity (Wildman–Crippen MR) is 134 cm³/mol. The van der Waals surface area contributed by atoms with Crippen molar-refractivity contribution in [2.24, 2.45) is 4.99 Å². The molecule has 2 fully saturated rings. The highest BCUT2D eigenvalue weighted by atomic mass is 15.2. The lowest BCUT2D eigenvalue weighted by atomic mass is 10.2. The minimum Gasteiger partial charge on any atom is -0.372 e. The number of aliphatic imine (C=N–C) groups is 1. The molecular formula is C24H50N6. The smallest absolute Gasteiger partial charge is 0.0300 e. The third-order valence-electron chi connectivity index (χ3n) is 4.74. The van der Waals surface area contributed by atoms with Gasteiger partial charge in [-0.1, -0.05) is 40.7 Å². The lowest BCUT2D eigenvalue weighted by Crippen LogP contribution is -2.51. The zero-order valence-corrected chi connectivity index (χ0v) is 20.8. The largest absolute Gasteiger partial charge is 0.372 e. The minimum atomic E-state index is 0.653. The molecule has 0 aromatic rings. The first-order chi connectivity index (χ1) is 14.5. The average Bonchev–Trinajstić information content (AvgIpc) is 3.07. The summed E-state index contributed by atoms with van der Waals surface area (Å²) in [4.78, 5) is 6.52. The van der Waals surface area contributed by atoms with Crippen molar-refractivity contribution in [3.05, 3.63) is 24.0 Å². The molecule has 0 saturated carbocycles. The normalized spacial score (nSPS) is 23.1. The molecule has 0 aliphatic carbocycles. The lowest BCUT2D eigenvalue weighted by molar-refractivity contribution is 0.295. The van der Waals surface area contributed by atoms with E-state index in [1.165, 1.54) is 12.1 Å². The summed E-state index contributed by atoms with van der Waals surface area (Å²) in [6.07, 6.45) is 10.2. The Morgan fingerprint density at radius 2 is 1.70 bits per heavy atom. The standard InChI is InChI=1S/C10H15N3.C6H14N2.C6H15N.C2H6/c1-2-10(3-5-11-4-1)13-8-6-12-7-9-13;1-5-3-8-6(2)4-7-5;1-4-5-7-6(2)3;1-2/h1,3-5,12H,2,6-9H2;5-8H,3-4H2,1-2H3;6-7H,4-5H2,1-3H3;1-2H3/t;5-,6-;;/m.0../s1. The van der Waals surface area contributed by atoms with Gasteiger partial charge in [-0.2, -0.15) is 0 Å². The number of hydrogen-bond acceptors (Lipinski definition) is 6. The molecule has 3 rings (SSSR count). The van der Waals surface area contributed by atoms with Crippen molar-refractivity contribution in [2.45, 2.75) is 79.4 Å². The first-order valence-electron chi connectivity index (χ1n) is 12.1. The van der Waals surface area contributed by atoms with Crippen LogP contribution in [0.15, 0.2) is 29.0 Å². The van der Waals surface area contributed by atoms with Crippen LogP contribution in [0.3, 0.4) is 0 Å². The van der Waals surface area contributed by atoms with Crippen molar-refractivity contribution >= 4 is 6.21 Å². The van der Waals surface area contributed by atoms with E-state index in [2.05, 4.69) is 77.9 Å². The van der Waals surface area contributed by atoms with E-state index in [1.54, 1.807) is 0 Å². The fraction of sp³-hybridized carbons (Fsp3) is 0.792. The van der Waals surface area contributed by atoms with Gasteiger partial charge in [0.05, 0.1) is 0 Å². The molecule has 0 bridgehead atoms. The third-order valence-corrected chi connectivity index (χ3v) is 4.74. The van der Waals surface area contributed by atoms with Gasteiger partial charge in [-0.05, 0) is 32.9 Å². The molecule has 3 heterocycles. The van der Waals surface area contributed by atoms with Gasteiger partial charge in [0.15, 0.2) is 0 Å². The van der Waals surface area contributed by atoms with E-state index in [0.29, 0.717) is 18.1 Å². The van der Waals surface area contributed by atoms with Gasteiger partial charge in [0.25, 0.3) is 0 Å². The highest BCUT2D eigenvalue weighted by Gasteiger charge is 2.12. The Kier molecular flexibility index (Phi) is 18.9. The molecule has 0 spiro atoms. The van der Waals surface area contributed by atoms with E-state index < -0.39 is 0 Å². The zero-order chi connectivity index (χ0) is 22.6. The predicted octanol–water partition coefficient (Wildman–Crippen LogP) is 3.14. The highest BCUT2D eigenvalue weighted by Crippen LogP contribution is 2.11. The van der Waals surface area contributed by atoms with E-state index in [9.17, 15) is 0 Å². The average molecular weight is 423 g/mol. The van der Waals surface area contributed by atoms with E-state index >= 15 is 0 Å². The topological polar surface area (TPSA) is 63.7 Å². The van der Waals surface area contributed by atoms with Gasteiger partial charge in [0.1, 0.15) is 0 Å². The van der Waals surface area contributed by atoms with Crippen molar-refractivity contribution in [2.75, 3.05) is 45.8 Å². The molecule has 2 atom stereocenters. The van der Waals surface area contributed by atoms with Crippen LogP contribution < -0.4 is 21.3 Å². The summed E-state index contributed by atoms with van der Waals surface area (Å²) in [7, 11) is 0. The van der Waals surface area contributed by atoms with Crippen LogP contribution in [0.5, 0.6) is 0 Å². The van der Waals surface area contributed by atoms with E-state index in [-0.39, 0.29) is 0 Å². The zero-order valence-electron chi connectivity index (χ0n) is 20.8. The monoisotopic (exact) mass is 422 g/mol. The summed E-state index contributed by atoms with van der Waals surface area (Å²) in [5.74, 6) is 0. The van der Waals surface area contributed by atoms with Gasteiger partial charge in [-0.3, -0.25) is 4.99 Å². The molecule has 3 aliphatic heterocycles. The van der Waals surface area contributed by atoms with Gasteiger partial charge in [0, 0.05) is 81.9 Å². The third kappa shape index (κ3) is 15.6. The van der Waals surface area contributed by atoms with Crippen molar-refractivity contribution in [3.63, 3.8) is 0 Å². The SMILES string of the molecule is C1=CN=CC=C(N2CCNCC2)C1.CC.CCCNC(C)C.C[C@H]1CN[C@@H](C)CN1. The molecule has 0 unspecified atom stereocenters. The molecule has 4 N–H and O–H groups in total. The second kappa shape index (κ2) is 19.7. The molecule has 3 aliphatic rings. The van der Waals surface area contributed by atoms with Gasteiger partial charge in [0.2, 0.25) is 0 Å². The summed E-state index contributed by atoms with van der Waals surface area (Å²) in [5.41, 5.74) is 1.39. The van der Waals surface area contributed by atoms with Crippen LogP contribution in [0.1, 0.15) is 61.3 Å². The van der Waals surface area contributed by atoms with Crippen LogP contribution in [0.25, 0.3) is 0 Å². The first kappa shape index (κ1) is 28.8. The molecule has 2 saturated heterocycles. The van der Waals surface area contributed by atoms with Crippen molar-refractivity contribution in [1.29, 1.82) is 0 Å². The summed E-state index contributed by atoms with van der Waals surface area (Å²) >= 11 is 0. The van der Waals surface area contributed by atoms with Gasteiger partial charge in [-0.15, -0.1) is 0 Å². The summed E-state index contributed by atoms with van der Waals surface area (Å²) < 4.78 is 0. The summed E-state index contributed by atoms with van der Waals surface area (Å²) in [6, 6.07) is 1.97. The number of piperazine rings is 2. The Balaban J connectivity index is 0.000000430. The molecule has 0 amide bonds. The van der Waals surface area contributed by atoms with Crippen LogP contribution >= 0.6 is 0 Å². The summed E-state index contributed by atoms with van der Waals surface area (Å²) in [5, 5.41) is 13.4. The van der Waals surface area contributed by atoms with E-state index in [4.69, 9.17) is 0 Å². The van der Waals surface area contributed by atoms with E-state index in [1.807, 2.05) is 26.3 Å². The highest BCUT2D eigenvalue weighted by molar-refractivity contribution is 5.73. The first-order valence-corrected chi connectivity index (χ1v) is 12.1. The molecule has 176 valence electrons.